The van der Waals surface area contributed by atoms with Crippen LogP contribution in [0, 0.1) is 0 Å². The van der Waals surface area contributed by atoms with Crippen LogP contribution in [0.2, 0.25) is 10.0 Å². The summed E-state index contributed by atoms with van der Waals surface area (Å²) in [5.74, 6) is 0. The summed E-state index contributed by atoms with van der Waals surface area (Å²) in [5, 5.41) is 2.13. The predicted octanol–water partition coefficient (Wildman–Crippen LogP) is 3.33. The zero-order valence-electron chi connectivity index (χ0n) is 5.65. The van der Waals surface area contributed by atoms with E-state index >= 15 is 0 Å². The minimum absolute atomic E-state index is 0.636. The molecule has 60 valence electrons. The van der Waals surface area contributed by atoms with Gasteiger partial charge in [0, 0.05) is 17.7 Å². The van der Waals surface area contributed by atoms with E-state index in [0.29, 0.717) is 10.0 Å². The normalized spacial score (nSPS) is 10.1. The standard InChI is InChI=1S/C7H6BrCl2N/c8-2-1-5-6(9)3-11-4-7(5)10/h3-4H,1-2H2. The van der Waals surface area contributed by atoms with Crippen molar-refractivity contribution in [3.8, 4) is 0 Å². The summed E-state index contributed by atoms with van der Waals surface area (Å²) in [7, 11) is 0. The molecule has 0 unspecified atom stereocenters. The second kappa shape index (κ2) is 4.29. The molecule has 1 aromatic heterocycles. The van der Waals surface area contributed by atoms with Crippen LogP contribution >= 0.6 is 39.1 Å². The van der Waals surface area contributed by atoms with Crippen molar-refractivity contribution < 1.29 is 0 Å². The molecule has 0 aromatic carbocycles. The minimum Gasteiger partial charge on any atom is -0.262 e. The van der Waals surface area contributed by atoms with Gasteiger partial charge in [0.1, 0.15) is 0 Å². The van der Waals surface area contributed by atoms with Gasteiger partial charge >= 0.3 is 0 Å². The van der Waals surface area contributed by atoms with Gasteiger partial charge in [-0.15, -0.1) is 0 Å². The van der Waals surface area contributed by atoms with Crippen molar-refractivity contribution in [3.63, 3.8) is 0 Å². The van der Waals surface area contributed by atoms with Crippen LogP contribution in [0.4, 0.5) is 0 Å². The summed E-state index contributed by atoms with van der Waals surface area (Å²) in [6.45, 7) is 0. The molecule has 0 fully saturated rings. The largest absolute Gasteiger partial charge is 0.262 e. The maximum absolute atomic E-state index is 5.84. The Bertz CT molecular complexity index is 232. The summed E-state index contributed by atoms with van der Waals surface area (Å²) in [5.41, 5.74) is 0.959. The molecule has 1 heterocycles. The maximum atomic E-state index is 5.84. The first-order valence-corrected chi connectivity index (χ1v) is 4.97. The highest BCUT2D eigenvalue weighted by atomic mass is 79.9. The van der Waals surface area contributed by atoms with E-state index in [2.05, 4.69) is 20.9 Å². The molecule has 11 heavy (non-hydrogen) atoms. The van der Waals surface area contributed by atoms with Crippen molar-refractivity contribution >= 4 is 39.1 Å². The van der Waals surface area contributed by atoms with Crippen molar-refractivity contribution in [3.05, 3.63) is 28.0 Å². The van der Waals surface area contributed by atoms with Crippen molar-refractivity contribution in [1.82, 2.24) is 4.98 Å². The Labute approximate surface area is 83.9 Å². The molecular formula is C7H6BrCl2N. The molecule has 0 saturated heterocycles. The van der Waals surface area contributed by atoms with Crippen LogP contribution in [-0.2, 0) is 6.42 Å². The molecule has 1 aromatic rings. The highest BCUT2D eigenvalue weighted by molar-refractivity contribution is 9.09. The van der Waals surface area contributed by atoms with Crippen LogP contribution in [0.3, 0.4) is 0 Å². The zero-order chi connectivity index (χ0) is 8.27. The third kappa shape index (κ3) is 2.32. The summed E-state index contributed by atoms with van der Waals surface area (Å²) in [4.78, 5) is 3.85. The summed E-state index contributed by atoms with van der Waals surface area (Å²) < 4.78 is 0. The highest BCUT2D eigenvalue weighted by Gasteiger charge is 2.03. The van der Waals surface area contributed by atoms with Crippen molar-refractivity contribution in [2.45, 2.75) is 6.42 Å². The van der Waals surface area contributed by atoms with Crippen LogP contribution in [-0.4, -0.2) is 10.3 Å². The smallest absolute Gasteiger partial charge is 0.0636 e. The van der Waals surface area contributed by atoms with Crippen LogP contribution < -0.4 is 0 Å². The quantitative estimate of drug-likeness (QED) is 0.738. The second-order valence-electron chi connectivity index (χ2n) is 2.02. The molecule has 0 aliphatic rings. The Hall–Kier alpha value is 0.210. The Kier molecular flexibility index (Phi) is 3.63. The summed E-state index contributed by atoms with van der Waals surface area (Å²) in [6.07, 6.45) is 4.04. The van der Waals surface area contributed by atoms with Gasteiger partial charge in [-0.2, -0.15) is 0 Å². The fourth-order valence-electron chi connectivity index (χ4n) is 0.771. The molecule has 0 aliphatic heterocycles. The van der Waals surface area contributed by atoms with Crippen LogP contribution in [0.25, 0.3) is 0 Å². The maximum Gasteiger partial charge on any atom is 0.0636 e. The molecule has 1 rings (SSSR count). The van der Waals surface area contributed by atoms with Crippen molar-refractivity contribution in [1.29, 1.82) is 0 Å². The van der Waals surface area contributed by atoms with Gasteiger partial charge in [0.25, 0.3) is 0 Å². The molecule has 0 spiro atoms. The summed E-state index contributed by atoms with van der Waals surface area (Å²) in [6, 6.07) is 0. The molecular weight excluding hydrogens is 249 g/mol. The average molecular weight is 255 g/mol. The van der Waals surface area contributed by atoms with E-state index < -0.39 is 0 Å². The van der Waals surface area contributed by atoms with Gasteiger partial charge in [0.15, 0.2) is 0 Å². The Morgan fingerprint density at radius 2 is 1.82 bits per heavy atom. The molecule has 0 aliphatic carbocycles. The van der Waals surface area contributed by atoms with Crippen LogP contribution in [0.1, 0.15) is 5.56 Å². The van der Waals surface area contributed by atoms with Crippen molar-refractivity contribution in [2.75, 3.05) is 5.33 Å². The number of hydrogen-bond acceptors (Lipinski definition) is 1. The lowest BCUT2D eigenvalue weighted by molar-refractivity contribution is 1.14. The summed E-state index contributed by atoms with van der Waals surface area (Å²) >= 11 is 15.0. The van der Waals surface area contributed by atoms with Gasteiger partial charge < -0.3 is 0 Å². The third-order valence-electron chi connectivity index (χ3n) is 1.30. The fraction of sp³-hybridized carbons (Fsp3) is 0.286. The lowest BCUT2D eigenvalue weighted by atomic mass is 10.2. The number of rotatable bonds is 2. The minimum atomic E-state index is 0.636. The Morgan fingerprint density at radius 3 is 2.27 bits per heavy atom. The fourth-order valence-corrected chi connectivity index (χ4v) is 1.72. The lowest BCUT2D eigenvalue weighted by Crippen LogP contribution is -1.89. The monoisotopic (exact) mass is 253 g/mol. The molecule has 0 radical (unpaired) electrons. The van der Waals surface area contributed by atoms with E-state index in [1.165, 1.54) is 0 Å². The van der Waals surface area contributed by atoms with E-state index in [4.69, 9.17) is 23.2 Å². The van der Waals surface area contributed by atoms with Crippen LogP contribution in [0.5, 0.6) is 0 Å². The van der Waals surface area contributed by atoms with Crippen molar-refractivity contribution in [2.24, 2.45) is 0 Å². The van der Waals surface area contributed by atoms with E-state index in [1.54, 1.807) is 12.4 Å². The molecule has 4 heteroatoms. The number of aromatic nitrogens is 1. The lowest BCUT2D eigenvalue weighted by Gasteiger charge is -2.02. The predicted molar refractivity (Wildman–Crippen MR) is 51.8 cm³/mol. The van der Waals surface area contributed by atoms with E-state index in [1.807, 2.05) is 0 Å². The number of halogens is 3. The van der Waals surface area contributed by atoms with Gasteiger partial charge in [-0.1, -0.05) is 39.1 Å². The van der Waals surface area contributed by atoms with Crippen LogP contribution in [0.15, 0.2) is 12.4 Å². The van der Waals surface area contributed by atoms with E-state index in [9.17, 15) is 0 Å². The number of hydrogen-bond donors (Lipinski definition) is 0. The number of pyridine rings is 1. The second-order valence-corrected chi connectivity index (χ2v) is 3.63. The molecule has 0 saturated carbocycles. The highest BCUT2D eigenvalue weighted by Crippen LogP contribution is 2.23. The Balaban J connectivity index is 3.00. The molecule has 0 bridgehead atoms. The van der Waals surface area contributed by atoms with E-state index in [0.717, 1.165) is 17.3 Å². The van der Waals surface area contributed by atoms with Gasteiger partial charge in [0.2, 0.25) is 0 Å². The van der Waals surface area contributed by atoms with Gasteiger partial charge in [0.05, 0.1) is 10.0 Å². The molecule has 1 nitrogen and oxygen atoms in total. The van der Waals surface area contributed by atoms with Gasteiger partial charge in [-0.3, -0.25) is 4.98 Å². The van der Waals surface area contributed by atoms with Gasteiger partial charge in [-0.05, 0) is 12.0 Å². The molecule has 0 atom stereocenters. The third-order valence-corrected chi connectivity index (χ3v) is 2.34. The first kappa shape index (κ1) is 9.30. The average Bonchev–Trinajstić information content (AvgIpc) is 1.97. The molecule has 0 amide bonds. The first-order chi connectivity index (χ1) is 5.25. The first-order valence-electron chi connectivity index (χ1n) is 3.09. The SMILES string of the molecule is Clc1cncc(Cl)c1CCBr. The topological polar surface area (TPSA) is 12.9 Å². The van der Waals surface area contributed by atoms with E-state index in [-0.39, 0.29) is 0 Å². The molecule has 0 N–H and O–H groups in total. The number of alkyl halides is 1. The van der Waals surface area contributed by atoms with Gasteiger partial charge in [-0.25, -0.2) is 0 Å². The number of nitrogens with zero attached hydrogens (tertiary/aromatic N) is 1. The zero-order valence-corrected chi connectivity index (χ0v) is 8.75. The Morgan fingerprint density at radius 1 is 1.27 bits per heavy atom.